The van der Waals surface area contributed by atoms with E-state index in [9.17, 15) is 0 Å². The molecule has 1 atom stereocenters. The summed E-state index contributed by atoms with van der Waals surface area (Å²) in [6, 6.07) is 7.82. The number of nitrogens with two attached hydrogens (primary N) is 1. The molecule has 1 aromatic rings. The van der Waals surface area contributed by atoms with Crippen LogP contribution in [-0.2, 0) is 0 Å². The minimum atomic E-state index is 0.0785. The minimum Gasteiger partial charge on any atom is -0.324 e. The van der Waals surface area contributed by atoms with Crippen LogP contribution >= 0.6 is 11.6 Å². The first-order valence-corrected chi connectivity index (χ1v) is 5.12. The van der Waals surface area contributed by atoms with Crippen LogP contribution in [0.3, 0.4) is 0 Å². The largest absolute Gasteiger partial charge is 0.324 e. The summed E-state index contributed by atoms with van der Waals surface area (Å²) in [5.74, 6) is 0.455. The zero-order chi connectivity index (χ0) is 9.97. The number of benzene rings is 1. The van der Waals surface area contributed by atoms with Crippen LogP contribution in [-0.4, -0.2) is 13.1 Å². The first kappa shape index (κ1) is 9.93. The molecule has 0 radical (unpaired) electrons. The van der Waals surface area contributed by atoms with Crippen LogP contribution in [0.25, 0.3) is 0 Å². The highest BCUT2D eigenvalue weighted by atomic mass is 35.5. The van der Waals surface area contributed by atoms with Gasteiger partial charge in [-0.2, -0.15) is 0 Å². The Morgan fingerprint density at radius 3 is 2.36 bits per heavy atom. The minimum absolute atomic E-state index is 0.0785. The van der Waals surface area contributed by atoms with E-state index in [0.717, 1.165) is 23.7 Å². The van der Waals surface area contributed by atoms with E-state index in [4.69, 9.17) is 17.3 Å². The monoisotopic (exact) mass is 211 g/mol. The Balaban J connectivity index is 2.09. The third-order valence-electron chi connectivity index (χ3n) is 2.62. The molecule has 4 heteroatoms. The zero-order valence-corrected chi connectivity index (χ0v) is 8.59. The van der Waals surface area contributed by atoms with Gasteiger partial charge >= 0.3 is 0 Å². The second-order valence-corrected chi connectivity index (χ2v) is 4.04. The zero-order valence-electron chi connectivity index (χ0n) is 7.83. The Morgan fingerprint density at radius 1 is 1.21 bits per heavy atom. The van der Waals surface area contributed by atoms with Crippen LogP contribution in [0.5, 0.6) is 0 Å². The van der Waals surface area contributed by atoms with Crippen molar-refractivity contribution in [3.63, 3.8) is 0 Å². The third-order valence-corrected chi connectivity index (χ3v) is 2.87. The lowest BCUT2D eigenvalue weighted by atomic mass is 9.95. The van der Waals surface area contributed by atoms with Crippen molar-refractivity contribution in [2.75, 3.05) is 13.1 Å². The van der Waals surface area contributed by atoms with Crippen LogP contribution in [0.2, 0.25) is 5.02 Å². The van der Waals surface area contributed by atoms with E-state index >= 15 is 0 Å². The molecule has 1 aromatic carbocycles. The Kier molecular flexibility index (Phi) is 3.03. The van der Waals surface area contributed by atoms with E-state index in [-0.39, 0.29) is 6.04 Å². The van der Waals surface area contributed by atoms with Crippen LogP contribution in [0.15, 0.2) is 24.3 Å². The Morgan fingerprint density at radius 2 is 1.79 bits per heavy atom. The summed E-state index contributed by atoms with van der Waals surface area (Å²) < 4.78 is 0. The van der Waals surface area contributed by atoms with Gasteiger partial charge in [-0.25, -0.2) is 0 Å². The standard InChI is InChI=1S/C10H14ClN3/c11-9-3-1-7(2-4-9)10(12)8-5-13-14-6-8/h1-4,8,10,13-14H,5-6,12H2. The Labute approximate surface area is 88.6 Å². The van der Waals surface area contributed by atoms with Crippen molar-refractivity contribution in [2.24, 2.45) is 11.7 Å². The second kappa shape index (κ2) is 4.28. The SMILES string of the molecule is NC(c1ccc(Cl)cc1)C1CNNC1. The van der Waals surface area contributed by atoms with E-state index in [0.29, 0.717) is 5.92 Å². The van der Waals surface area contributed by atoms with Gasteiger partial charge in [-0.15, -0.1) is 0 Å². The normalized spacial score (nSPS) is 19.9. The molecule has 1 saturated heterocycles. The molecule has 76 valence electrons. The molecule has 2 rings (SSSR count). The smallest absolute Gasteiger partial charge is 0.0406 e. The quantitative estimate of drug-likeness (QED) is 0.686. The summed E-state index contributed by atoms with van der Waals surface area (Å²) in [5.41, 5.74) is 13.4. The molecule has 3 nitrogen and oxygen atoms in total. The van der Waals surface area contributed by atoms with Gasteiger partial charge in [-0.1, -0.05) is 23.7 Å². The van der Waals surface area contributed by atoms with Gasteiger partial charge < -0.3 is 5.73 Å². The van der Waals surface area contributed by atoms with Gasteiger partial charge in [-0.3, -0.25) is 10.9 Å². The van der Waals surface area contributed by atoms with Crippen molar-refractivity contribution in [3.8, 4) is 0 Å². The lowest BCUT2D eigenvalue weighted by Crippen LogP contribution is -2.24. The van der Waals surface area contributed by atoms with E-state index in [1.807, 2.05) is 24.3 Å². The molecular weight excluding hydrogens is 198 g/mol. The molecule has 0 amide bonds. The molecule has 1 aliphatic rings. The summed E-state index contributed by atoms with van der Waals surface area (Å²) >= 11 is 5.81. The van der Waals surface area contributed by atoms with E-state index < -0.39 is 0 Å². The molecule has 4 N–H and O–H groups in total. The molecule has 0 bridgehead atoms. The van der Waals surface area contributed by atoms with E-state index in [1.165, 1.54) is 0 Å². The molecule has 0 saturated carbocycles. The predicted molar refractivity (Wildman–Crippen MR) is 57.9 cm³/mol. The number of hydrogen-bond donors (Lipinski definition) is 3. The number of hydrazine groups is 1. The summed E-state index contributed by atoms with van der Waals surface area (Å²) in [7, 11) is 0. The molecular formula is C10H14ClN3. The fraction of sp³-hybridized carbons (Fsp3) is 0.400. The molecule has 0 spiro atoms. The highest BCUT2D eigenvalue weighted by Crippen LogP contribution is 2.21. The topological polar surface area (TPSA) is 50.1 Å². The Bertz CT molecular complexity index is 293. The maximum absolute atomic E-state index is 6.13. The highest BCUT2D eigenvalue weighted by Gasteiger charge is 2.22. The third kappa shape index (κ3) is 2.07. The molecule has 0 aliphatic carbocycles. The maximum atomic E-state index is 6.13. The van der Waals surface area contributed by atoms with Crippen LogP contribution < -0.4 is 16.6 Å². The number of halogens is 1. The van der Waals surface area contributed by atoms with Gasteiger partial charge in [0.25, 0.3) is 0 Å². The first-order valence-electron chi connectivity index (χ1n) is 4.74. The fourth-order valence-electron chi connectivity index (χ4n) is 1.69. The average molecular weight is 212 g/mol. The van der Waals surface area contributed by atoms with Crippen molar-refractivity contribution < 1.29 is 0 Å². The summed E-state index contributed by atoms with van der Waals surface area (Å²) in [5, 5.41) is 0.753. The van der Waals surface area contributed by atoms with E-state index in [1.54, 1.807) is 0 Å². The van der Waals surface area contributed by atoms with Crippen LogP contribution in [0.4, 0.5) is 0 Å². The second-order valence-electron chi connectivity index (χ2n) is 3.60. The summed E-state index contributed by atoms with van der Waals surface area (Å²) in [6.45, 7) is 1.84. The summed E-state index contributed by atoms with van der Waals surface area (Å²) in [6.07, 6.45) is 0. The lowest BCUT2D eigenvalue weighted by Gasteiger charge is -2.17. The molecule has 0 aromatic heterocycles. The average Bonchev–Trinajstić information content (AvgIpc) is 2.71. The summed E-state index contributed by atoms with van der Waals surface area (Å²) in [4.78, 5) is 0. The van der Waals surface area contributed by atoms with Gasteiger partial charge in [0.1, 0.15) is 0 Å². The van der Waals surface area contributed by atoms with Gasteiger partial charge in [0.05, 0.1) is 0 Å². The van der Waals surface area contributed by atoms with Gasteiger partial charge in [0.15, 0.2) is 0 Å². The lowest BCUT2D eigenvalue weighted by molar-refractivity contribution is 0.491. The fourth-order valence-corrected chi connectivity index (χ4v) is 1.82. The van der Waals surface area contributed by atoms with Gasteiger partial charge in [-0.05, 0) is 17.7 Å². The number of rotatable bonds is 2. The molecule has 1 unspecified atom stereocenters. The molecule has 1 heterocycles. The van der Waals surface area contributed by atoms with Crippen molar-refractivity contribution in [1.82, 2.24) is 10.9 Å². The molecule has 1 fully saturated rings. The van der Waals surface area contributed by atoms with E-state index in [2.05, 4.69) is 10.9 Å². The van der Waals surface area contributed by atoms with Crippen molar-refractivity contribution in [1.29, 1.82) is 0 Å². The number of hydrogen-bond acceptors (Lipinski definition) is 3. The Hall–Kier alpha value is -0.610. The van der Waals surface area contributed by atoms with Gasteiger partial charge in [0.2, 0.25) is 0 Å². The first-order chi connectivity index (χ1) is 6.77. The van der Waals surface area contributed by atoms with Crippen LogP contribution in [0, 0.1) is 5.92 Å². The molecule has 14 heavy (non-hydrogen) atoms. The van der Waals surface area contributed by atoms with Crippen molar-refractivity contribution in [3.05, 3.63) is 34.9 Å². The highest BCUT2D eigenvalue weighted by molar-refractivity contribution is 6.30. The number of nitrogens with one attached hydrogen (secondary N) is 2. The van der Waals surface area contributed by atoms with Crippen molar-refractivity contribution >= 4 is 11.6 Å². The van der Waals surface area contributed by atoms with Crippen molar-refractivity contribution in [2.45, 2.75) is 6.04 Å². The van der Waals surface area contributed by atoms with Gasteiger partial charge in [0, 0.05) is 30.1 Å². The molecule has 1 aliphatic heterocycles. The van der Waals surface area contributed by atoms with Crippen LogP contribution in [0.1, 0.15) is 11.6 Å². The predicted octanol–water partition coefficient (Wildman–Crippen LogP) is 1.06. The maximum Gasteiger partial charge on any atom is 0.0406 e.